The molecule has 7 heteroatoms. The van der Waals surface area contributed by atoms with Gasteiger partial charge in [0.15, 0.2) is 0 Å². The smallest absolute Gasteiger partial charge is 0.239 e. The number of sulfonamides is 1. The van der Waals surface area contributed by atoms with Gasteiger partial charge in [-0.2, -0.15) is 0 Å². The molecule has 2 rings (SSSR count). The van der Waals surface area contributed by atoms with E-state index in [1.165, 1.54) is 25.1 Å². The van der Waals surface area contributed by atoms with Crippen molar-refractivity contribution >= 4 is 15.8 Å². The van der Waals surface area contributed by atoms with Crippen LogP contribution in [0.1, 0.15) is 26.7 Å². The lowest BCUT2D eigenvalue weighted by Gasteiger charge is -2.33. The fraction of sp³-hybridized carbons (Fsp3) is 0.643. The maximum Gasteiger partial charge on any atom is 0.239 e. The zero-order chi connectivity index (χ0) is 15.5. The van der Waals surface area contributed by atoms with Crippen LogP contribution in [-0.2, 0) is 10.0 Å². The van der Waals surface area contributed by atoms with Crippen molar-refractivity contribution in [3.8, 4) is 0 Å². The number of nitrogens with zero attached hydrogens (tertiary/aromatic N) is 2. The lowest BCUT2D eigenvalue weighted by atomic mass is 9.98. The Hall–Kier alpha value is -1.18. The molecule has 1 fully saturated rings. The number of aromatic nitrogens is 1. The molecule has 21 heavy (non-hydrogen) atoms. The Morgan fingerprint density at radius 3 is 2.71 bits per heavy atom. The largest absolute Gasteiger partial charge is 0.354 e. The molecule has 6 nitrogen and oxygen atoms in total. The van der Waals surface area contributed by atoms with Gasteiger partial charge in [0.2, 0.25) is 10.0 Å². The molecule has 1 aliphatic rings. The molecule has 1 aromatic rings. The lowest BCUT2D eigenvalue weighted by molar-refractivity contribution is 0.370. The van der Waals surface area contributed by atoms with E-state index in [9.17, 15) is 8.42 Å². The number of hydrogen-bond donors (Lipinski definition) is 2. The Kier molecular flexibility index (Phi) is 5.18. The Balaban J connectivity index is 2.14. The Morgan fingerprint density at radius 2 is 2.24 bits per heavy atom. The van der Waals surface area contributed by atoms with E-state index in [4.69, 9.17) is 5.14 Å². The zero-order valence-corrected chi connectivity index (χ0v) is 13.4. The molecule has 0 bridgehead atoms. The molecule has 1 unspecified atom stereocenters. The quantitative estimate of drug-likeness (QED) is 0.845. The molecule has 1 aromatic heterocycles. The molecule has 0 amide bonds. The van der Waals surface area contributed by atoms with Gasteiger partial charge in [-0.25, -0.2) is 18.5 Å². The Bertz CT molecular complexity index is 551. The lowest BCUT2D eigenvalue weighted by Crippen LogP contribution is -2.41. The molecule has 0 aromatic carbocycles. The van der Waals surface area contributed by atoms with E-state index in [0.717, 1.165) is 25.5 Å². The summed E-state index contributed by atoms with van der Waals surface area (Å²) < 4.78 is 22.6. The van der Waals surface area contributed by atoms with E-state index in [1.807, 2.05) is 0 Å². The van der Waals surface area contributed by atoms with E-state index in [0.29, 0.717) is 12.0 Å². The third-order valence-electron chi connectivity index (χ3n) is 3.82. The van der Waals surface area contributed by atoms with Gasteiger partial charge in [-0.3, -0.25) is 0 Å². The standard InChI is InChI=1S/C14H24N4O2S/c1-11(2)18(10-12-4-3-7-16-8-12)14-6-5-13(9-17-14)21(15,19)20/h5-6,9,11-12,16H,3-4,7-8,10H2,1-2H3,(H2,15,19,20). The van der Waals surface area contributed by atoms with Crippen LogP contribution < -0.4 is 15.4 Å². The topological polar surface area (TPSA) is 88.3 Å². The second kappa shape index (κ2) is 6.72. The fourth-order valence-corrected chi connectivity index (χ4v) is 3.09. The van der Waals surface area contributed by atoms with Gasteiger partial charge in [-0.1, -0.05) is 0 Å². The van der Waals surface area contributed by atoms with Gasteiger partial charge in [0, 0.05) is 18.8 Å². The van der Waals surface area contributed by atoms with Crippen LogP contribution >= 0.6 is 0 Å². The van der Waals surface area contributed by atoms with Crippen LogP contribution in [0.25, 0.3) is 0 Å². The van der Waals surface area contributed by atoms with Crippen molar-refractivity contribution in [2.75, 3.05) is 24.5 Å². The maximum atomic E-state index is 11.3. The Morgan fingerprint density at radius 1 is 1.48 bits per heavy atom. The van der Waals surface area contributed by atoms with E-state index in [1.54, 1.807) is 6.07 Å². The number of nitrogens with two attached hydrogens (primary N) is 1. The van der Waals surface area contributed by atoms with E-state index < -0.39 is 10.0 Å². The fourth-order valence-electron chi connectivity index (χ4n) is 2.64. The summed E-state index contributed by atoms with van der Waals surface area (Å²) in [5.74, 6) is 1.39. The average molecular weight is 312 g/mol. The van der Waals surface area contributed by atoms with Crippen molar-refractivity contribution in [2.24, 2.45) is 11.1 Å². The van der Waals surface area contributed by atoms with Crippen LogP contribution in [0.5, 0.6) is 0 Å². The second-order valence-corrected chi connectivity index (χ2v) is 7.42. The van der Waals surface area contributed by atoms with Gasteiger partial charge >= 0.3 is 0 Å². The minimum atomic E-state index is -3.68. The van der Waals surface area contributed by atoms with Crippen LogP contribution in [0, 0.1) is 5.92 Å². The molecule has 0 spiro atoms. The monoisotopic (exact) mass is 312 g/mol. The normalized spacial score (nSPS) is 19.7. The van der Waals surface area contributed by atoms with Crippen LogP contribution in [-0.4, -0.2) is 39.1 Å². The van der Waals surface area contributed by atoms with Crippen LogP contribution in [0.2, 0.25) is 0 Å². The van der Waals surface area contributed by atoms with Gasteiger partial charge < -0.3 is 10.2 Å². The summed E-state index contributed by atoms with van der Waals surface area (Å²) in [5.41, 5.74) is 0. The minimum Gasteiger partial charge on any atom is -0.354 e. The van der Waals surface area contributed by atoms with Gasteiger partial charge in [-0.05, 0) is 57.8 Å². The molecule has 3 N–H and O–H groups in total. The molecular weight excluding hydrogens is 288 g/mol. The van der Waals surface area contributed by atoms with Crippen LogP contribution in [0.15, 0.2) is 23.2 Å². The molecule has 1 atom stereocenters. The van der Waals surface area contributed by atoms with Gasteiger partial charge in [-0.15, -0.1) is 0 Å². The Labute approximate surface area is 126 Å². The number of hydrogen-bond acceptors (Lipinski definition) is 5. The summed E-state index contributed by atoms with van der Waals surface area (Å²) in [4.78, 5) is 6.54. The summed E-state index contributed by atoms with van der Waals surface area (Å²) >= 11 is 0. The molecule has 1 saturated heterocycles. The van der Waals surface area contributed by atoms with Crippen LogP contribution in [0.4, 0.5) is 5.82 Å². The first kappa shape index (κ1) is 16.2. The highest BCUT2D eigenvalue weighted by molar-refractivity contribution is 7.89. The van der Waals surface area contributed by atoms with Crippen molar-refractivity contribution in [3.63, 3.8) is 0 Å². The van der Waals surface area contributed by atoms with Crippen molar-refractivity contribution < 1.29 is 8.42 Å². The summed E-state index contributed by atoms with van der Waals surface area (Å²) in [6.07, 6.45) is 3.75. The highest BCUT2D eigenvalue weighted by atomic mass is 32.2. The van der Waals surface area contributed by atoms with Crippen LogP contribution in [0.3, 0.4) is 0 Å². The molecule has 0 radical (unpaired) electrons. The highest BCUT2D eigenvalue weighted by Gasteiger charge is 2.20. The van der Waals surface area contributed by atoms with E-state index >= 15 is 0 Å². The third kappa shape index (κ3) is 4.39. The first-order chi connectivity index (χ1) is 9.88. The number of anilines is 1. The minimum absolute atomic E-state index is 0.0503. The number of rotatable bonds is 5. The molecule has 2 heterocycles. The van der Waals surface area contributed by atoms with Crippen molar-refractivity contribution in [3.05, 3.63) is 18.3 Å². The van der Waals surface area contributed by atoms with E-state index in [2.05, 4.69) is 29.0 Å². The number of primary sulfonamides is 1. The van der Waals surface area contributed by atoms with Crippen molar-refractivity contribution in [2.45, 2.75) is 37.6 Å². The van der Waals surface area contributed by atoms with Gasteiger partial charge in [0.1, 0.15) is 10.7 Å². The van der Waals surface area contributed by atoms with E-state index in [-0.39, 0.29) is 4.90 Å². The maximum absolute atomic E-state index is 11.3. The van der Waals surface area contributed by atoms with Gasteiger partial charge in [0.05, 0.1) is 0 Å². The predicted molar refractivity (Wildman–Crippen MR) is 83.7 cm³/mol. The average Bonchev–Trinajstić information content (AvgIpc) is 2.45. The molecule has 0 saturated carbocycles. The van der Waals surface area contributed by atoms with Gasteiger partial charge in [0.25, 0.3) is 0 Å². The summed E-state index contributed by atoms with van der Waals surface area (Å²) in [7, 11) is -3.68. The zero-order valence-electron chi connectivity index (χ0n) is 12.6. The molecular formula is C14H24N4O2S. The molecule has 1 aliphatic heterocycles. The number of piperidine rings is 1. The molecule has 118 valence electrons. The summed E-state index contributed by atoms with van der Waals surface area (Å²) in [6.45, 7) is 7.28. The number of nitrogens with one attached hydrogen (secondary N) is 1. The first-order valence-electron chi connectivity index (χ1n) is 7.34. The SMILES string of the molecule is CC(C)N(CC1CCCNC1)c1ccc(S(N)(=O)=O)cn1. The summed E-state index contributed by atoms with van der Waals surface area (Å²) in [5, 5.41) is 8.52. The molecule has 0 aliphatic carbocycles. The first-order valence-corrected chi connectivity index (χ1v) is 8.89. The predicted octanol–water partition coefficient (Wildman–Crippen LogP) is 0.943. The summed E-state index contributed by atoms with van der Waals surface area (Å²) in [6, 6.07) is 3.56. The van der Waals surface area contributed by atoms with Crippen molar-refractivity contribution in [1.29, 1.82) is 0 Å². The second-order valence-electron chi connectivity index (χ2n) is 5.86. The number of pyridine rings is 1. The third-order valence-corrected chi connectivity index (χ3v) is 4.72. The highest BCUT2D eigenvalue weighted by Crippen LogP contribution is 2.20. The van der Waals surface area contributed by atoms with Crippen molar-refractivity contribution in [1.82, 2.24) is 10.3 Å².